The molecule has 1 heterocycles. The maximum atomic E-state index is 12.3. The highest BCUT2D eigenvalue weighted by Gasteiger charge is 2.17. The SMILES string of the molecule is COc1cc(C(=O)c2sc(C)nc2C)ccc1Cl. The lowest BCUT2D eigenvalue weighted by Crippen LogP contribution is -2.01. The normalized spacial score (nSPS) is 10.4. The van der Waals surface area contributed by atoms with Crippen LogP contribution in [0.15, 0.2) is 18.2 Å². The van der Waals surface area contributed by atoms with E-state index >= 15 is 0 Å². The van der Waals surface area contributed by atoms with Crippen LogP contribution < -0.4 is 4.74 Å². The maximum absolute atomic E-state index is 12.3. The van der Waals surface area contributed by atoms with Crippen molar-refractivity contribution < 1.29 is 9.53 Å². The van der Waals surface area contributed by atoms with Crippen molar-refractivity contribution >= 4 is 28.7 Å². The summed E-state index contributed by atoms with van der Waals surface area (Å²) >= 11 is 7.34. The largest absolute Gasteiger partial charge is 0.495 e. The third-order valence-corrected chi connectivity index (χ3v) is 3.91. The summed E-state index contributed by atoms with van der Waals surface area (Å²) in [5.74, 6) is 0.453. The highest BCUT2D eigenvalue weighted by Crippen LogP contribution is 2.28. The van der Waals surface area contributed by atoms with Crippen molar-refractivity contribution in [3.8, 4) is 5.75 Å². The number of nitrogens with zero attached hydrogens (tertiary/aromatic N) is 1. The predicted molar refractivity (Wildman–Crippen MR) is 73.0 cm³/mol. The molecule has 1 aromatic carbocycles. The van der Waals surface area contributed by atoms with Gasteiger partial charge in [-0.3, -0.25) is 4.79 Å². The van der Waals surface area contributed by atoms with Gasteiger partial charge >= 0.3 is 0 Å². The minimum atomic E-state index is -0.0481. The van der Waals surface area contributed by atoms with Crippen LogP contribution in [0, 0.1) is 13.8 Å². The number of halogens is 1. The molecule has 0 saturated carbocycles. The Hall–Kier alpha value is -1.39. The number of hydrogen-bond donors (Lipinski definition) is 0. The molecule has 0 saturated heterocycles. The number of methoxy groups -OCH3 is 1. The fourth-order valence-corrected chi connectivity index (χ4v) is 2.75. The Kier molecular flexibility index (Phi) is 3.68. The Labute approximate surface area is 114 Å². The van der Waals surface area contributed by atoms with Gasteiger partial charge in [0.15, 0.2) is 0 Å². The number of carbonyl (C=O) groups excluding carboxylic acids is 1. The van der Waals surface area contributed by atoms with Crippen LogP contribution in [0.1, 0.15) is 25.9 Å². The number of benzene rings is 1. The Morgan fingerprint density at radius 2 is 2.11 bits per heavy atom. The summed E-state index contributed by atoms with van der Waals surface area (Å²) in [5.41, 5.74) is 1.32. The van der Waals surface area contributed by atoms with Crippen molar-refractivity contribution in [2.75, 3.05) is 7.11 Å². The van der Waals surface area contributed by atoms with Crippen LogP contribution in [-0.4, -0.2) is 17.9 Å². The number of carbonyl (C=O) groups is 1. The lowest BCUT2D eigenvalue weighted by atomic mass is 10.1. The molecule has 0 N–H and O–H groups in total. The van der Waals surface area contributed by atoms with Crippen LogP contribution in [0.4, 0.5) is 0 Å². The molecular weight excluding hydrogens is 270 g/mol. The first kappa shape index (κ1) is 13.1. The van der Waals surface area contributed by atoms with E-state index in [4.69, 9.17) is 16.3 Å². The van der Waals surface area contributed by atoms with Crippen molar-refractivity contribution in [1.29, 1.82) is 0 Å². The van der Waals surface area contributed by atoms with Gasteiger partial charge < -0.3 is 4.74 Å². The second-order valence-corrected chi connectivity index (χ2v) is 5.44. The zero-order valence-corrected chi connectivity index (χ0v) is 11.9. The van der Waals surface area contributed by atoms with Gasteiger partial charge in [0.1, 0.15) is 5.75 Å². The predicted octanol–water partition coefficient (Wildman–Crippen LogP) is 3.65. The molecule has 0 fully saturated rings. The number of ether oxygens (including phenoxy) is 1. The minimum Gasteiger partial charge on any atom is -0.495 e. The molecule has 1 aromatic heterocycles. The summed E-state index contributed by atoms with van der Waals surface area (Å²) in [7, 11) is 1.53. The summed E-state index contributed by atoms with van der Waals surface area (Å²) in [4.78, 5) is 17.3. The summed E-state index contributed by atoms with van der Waals surface area (Å²) in [5, 5.41) is 1.38. The van der Waals surface area contributed by atoms with Crippen LogP contribution in [0.5, 0.6) is 5.75 Å². The first-order valence-corrected chi connectivity index (χ1v) is 6.54. The second kappa shape index (κ2) is 5.08. The molecule has 2 rings (SSSR count). The topological polar surface area (TPSA) is 39.2 Å². The molecular formula is C13H12ClNO2S. The highest BCUT2D eigenvalue weighted by atomic mass is 35.5. The van der Waals surface area contributed by atoms with E-state index in [2.05, 4.69) is 4.98 Å². The van der Waals surface area contributed by atoms with Gasteiger partial charge in [-0.15, -0.1) is 11.3 Å². The molecule has 0 amide bonds. The number of rotatable bonds is 3. The Bertz CT molecular complexity index is 607. The van der Waals surface area contributed by atoms with Crippen molar-refractivity contribution in [3.05, 3.63) is 44.4 Å². The maximum Gasteiger partial charge on any atom is 0.204 e. The molecule has 5 heteroatoms. The lowest BCUT2D eigenvalue weighted by Gasteiger charge is -2.05. The Balaban J connectivity index is 2.43. The van der Waals surface area contributed by atoms with Crippen molar-refractivity contribution in [2.24, 2.45) is 0 Å². The van der Waals surface area contributed by atoms with Crippen LogP contribution in [0.25, 0.3) is 0 Å². The van der Waals surface area contributed by atoms with E-state index < -0.39 is 0 Å². The molecule has 0 bridgehead atoms. The molecule has 0 aliphatic carbocycles. The zero-order chi connectivity index (χ0) is 13.3. The number of aryl methyl sites for hydroxylation is 2. The van der Waals surface area contributed by atoms with E-state index in [1.54, 1.807) is 18.2 Å². The van der Waals surface area contributed by atoms with E-state index in [0.29, 0.717) is 21.2 Å². The van der Waals surface area contributed by atoms with Gasteiger partial charge in [0.05, 0.1) is 27.7 Å². The quantitative estimate of drug-likeness (QED) is 0.806. The molecule has 0 radical (unpaired) electrons. The summed E-state index contributed by atoms with van der Waals surface area (Å²) in [6.07, 6.45) is 0. The minimum absolute atomic E-state index is 0.0481. The highest BCUT2D eigenvalue weighted by molar-refractivity contribution is 7.14. The third kappa shape index (κ3) is 2.40. The van der Waals surface area contributed by atoms with E-state index in [1.807, 2.05) is 13.8 Å². The second-order valence-electron chi connectivity index (χ2n) is 3.83. The number of hydrogen-bond acceptors (Lipinski definition) is 4. The van der Waals surface area contributed by atoms with E-state index in [9.17, 15) is 4.79 Å². The van der Waals surface area contributed by atoms with E-state index in [0.717, 1.165) is 10.7 Å². The van der Waals surface area contributed by atoms with Crippen LogP contribution in [0.3, 0.4) is 0 Å². The van der Waals surface area contributed by atoms with Gasteiger partial charge in [-0.05, 0) is 32.0 Å². The first-order valence-electron chi connectivity index (χ1n) is 5.35. The molecule has 0 aliphatic rings. The van der Waals surface area contributed by atoms with Gasteiger partial charge in [-0.1, -0.05) is 11.6 Å². The molecule has 2 aromatic rings. The molecule has 0 aliphatic heterocycles. The Morgan fingerprint density at radius 1 is 1.39 bits per heavy atom. The van der Waals surface area contributed by atoms with Gasteiger partial charge in [0.25, 0.3) is 0 Å². The zero-order valence-electron chi connectivity index (χ0n) is 10.3. The van der Waals surface area contributed by atoms with Crippen LogP contribution in [-0.2, 0) is 0 Å². The number of aromatic nitrogens is 1. The summed E-state index contributed by atoms with van der Waals surface area (Å²) in [6, 6.07) is 5.01. The van der Waals surface area contributed by atoms with Crippen LogP contribution >= 0.6 is 22.9 Å². The smallest absolute Gasteiger partial charge is 0.204 e. The van der Waals surface area contributed by atoms with Crippen LogP contribution in [0.2, 0.25) is 5.02 Å². The molecule has 0 atom stereocenters. The fourth-order valence-electron chi connectivity index (χ4n) is 1.67. The molecule has 0 unspecified atom stereocenters. The van der Waals surface area contributed by atoms with E-state index in [1.165, 1.54) is 18.4 Å². The van der Waals surface area contributed by atoms with Gasteiger partial charge in [0, 0.05) is 5.56 Å². The van der Waals surface area contributed by atoms with Crippen molar-refractivity contribution in [3.63, 3.8) is 0 Å². The number of ketones is 1. The standard InChI is InChI=1S/C13H12ClNO2S/c1-7-13(18-8(2)15-7)12(16)9-4-5-10(14)11(6-9)17-3/h4-6H,1-3H3. The molecule has 3 nitrogen and oxygen atoms in total. The van der Waals surface area contributed by atoms with Gasteiger partial charge in [-0.2, -0.15) is 0 Å². The van der Waals surface area contributed by atoms with Crippen molar-refractivity contribution in [2.45, 2.75) is 13.8 Å². The van der Waals surface area contributed by atoms with Gasteiger partial charge in [0.2, 0.25) is 5.78 Å². The number of thiazole rings is 1. The summed E-state index contributed by atoms with van der Waals surface area (Å²) in [6.45, 7) is 3.72. The van der Waals surface area contributed by atoms with Gasteiger partial charge in [-0.25, -0.2) is 4.98 Å². The van der Waals surface area contributed by atoms with Crippen molar-refractivity contribution in [1.82, 2.24) is 4.98 Å². The molecule has 18 heavy (non-hydrogen) atoms. The third-order valence-electron chi connectivity index (χ3n) is 2.52. The lowest BCUT2D eigenvalue weighted by molar-refractivity contribution is 0.104. The molecule has 0 spiro atoms. The fraction of sp³-hybridized carbons (Fsp3) is 0.231. The van der Waals surface area contributed by atoms with E-state index in [-0.39, 0.29) is 5.78 Å². The average molecular weight is 282 g/mol. The average Bonchev–Trinajstić information content (AvgIpc) is 2.68. The first-order chi connectivity index (χ1) is 8.52. The Morgan fingerprint density at radius 3 is 2.67 bits per heavy atom. The molecule has 94 valence electrons. The monoisotopic (exact) mass is 281 g/mol. The summed E-state index contributed by atoms with van der Waals surface area (Å²) < 4.78 is 5.11.